The third-order valence-electron chi connectivity index (χ3n) is 4.84. The zero-order valence-electron chi connectivity index (χ0n) is 15.1. The van der Waals surface area contributed by atoms with Gasteiger partial charge in [-0.3, -0.25) is 9.78 Å². The Bertz CT molecular complexity index is 1070. The Balaban J connectivity index is 1.59. The van der Waals surface area contributed by atoms with Crippen LogP contribution in [0.25, 0.3) is 16.6 Å². The molecular weight excluding hydrogens is 338 g/mol. The van der Waals surface area contributed by atoms with Crippen molar-refractivity contribution >= 4 is 16.8 Å². The molecule has 2 aromatic carbocycles. The molecule has 0 radical (unpaired) electrons. The molecule has 1 amide bonds. The third kappa shape index (κ3) is 3.17. The van der Waals surface area contributed by atoms with Crippen LogP contribution < -0.4 is 0 Å². The molecule has 0 saturated carbocycles. The van der Waals surface area contributed by atoms with Gasteiger partial charge in [0.2, 0.25) is 0 Å². The molecule has 0 fully saturated rings. The molecule has 0 aliphatic heterocycles. The molecule has 27 heavy (non-hydrogen) atoms. The van der Waals surface area contributed by atoms with E-state index in [1.54, 1.807) is 28.2 Å². The maximum absolute atomic E-state index is 13.1. The maximum Gasteiger partial charge on any atom is 0.254 e. The van der Waals surface area contributed by atoms with Crippen LogP contribution in [0, 0.1) is 0 Å². The summed E-state index contributed by atoms with van der Waals surface area (Å²) in [7, 11) is 1.83. The van der Waals surface area contributed by atoms with E-state index in [-0.39, 0.29) is 11.9 Å². The Hall–Kier alpha value is -3.54. The summed E-state index contributed by atoms with van der Waals surface area (Å²) in [4.78, 5) is 23.2. The van der Waals surface area contributed by atoms with Gasteiger partial charge in [-0.25, -0.2) is 9.67 Å². The molecule has 4 aromatic rings. The van der Waals surface area contributed by atoms with Gasteiger partial charge in [-0.1, -0.05) is 30.3 Å². The van der Waals surface area contributed by atoms with E-state index >= 15 is 0 Å². The van der Waals surface area contributed by atoms with Gasteiger partial charge in [0.15, 0.2) is 0 Å². The normalized spacial score (nSPS) is 12.1. The van der Waals surface area contributed by atoms with Crippen LogP contribution in [0.5, 0.6) is 0 Å². The first-order valence-corrected chi connectivity index (χ1v) is 8.71. The Labute approximate surface area is 157 Å². The monoisotopic (exact) mass is 357 g/mol. The fourth-order valence-corrected chi connectivity index (χ4v) is 3.12. The van der Waals surface area contributed by atoms with Crippen molar-refractivity contribution in [1.82, 2.24) is 24.6 Å². The molecule has 0 saturated heterocycles. The molecule has 6 nitrogen and oxygen atoms in total. The van der Waals surface area contributed by atoms with Crippen molar-refractivity contribution in [3.05, 3.63) is 84.6 Å². The van der Waals surface area contributed by atoms with Gasteiger partial charge in [0.05, 0.1) is 22.8 Å². The highest BCUT2D eigenvalue weighted by Gasteiger charge is 2.20. The largest absolute Gasteiger partial charge is 0.335 e. The van der Waals surface area contributed by atoms with E-state index in [0.717, 1.165) is 22.2 Å². The predicted molar refractivity (Wildman–Crippen MR) is 104 cm³/mol. The Morgan fingerprint density at radius 2 is 1.85 bits per heavy atom. The number of hydrogen-bond acceptors (Lipinski definition) is 4. The minimum Gasteiger partial charge on any atom is -0.335 e. The van der Waals surface area contributed by atoms with E-state index in [1.807, 2.05) is 62.5 Å². The van der Waals surface area contributed by atoms with Gasteiger partial charge in [-0.15, -0.1) is 0 Å². The van der Waals surface area contributed by atoms with Gasteiger partial charge in [0.1, 0.15) is 12.7 Å². The van der Waals surface area contributed by atoms with Crippen molar-refractivity contribution in [1.29, 1.82) is 0 Å². The number of carbonyl (C=O) groups excluding carboxylic acids is 1. The summed E-state index contributed by atoms with van der Waals surface area (Å²) in [6, 6.07) is 17.4. The van der Waals surface area contributed by atoms with E-state index in [2.05, 4.69) is 15.1 Å². The molecule has 0 spiro atoms. The molecule has 2 aromatic heterocycles. The SMILES string of the molecule is CC(c1ccc(-n2cncn2)cc1)N(C)C(=O)c1ccnc2ccccc12. The van der Waals surface area contributed by atoms with E-state index in [4.69, 9.17) is 0 Å². The highest BCUT2D eigenvalue weighted by Crippen LogP contribution is 2.24. The van der Waals surface area contributed by atoms with Crippen molar-refractivity contribution in [2.45, 2.75) is 13.0 Å². The zero-order valence-corrected chi connectivity index (χ0v) is 15.1. The third-order valence-corrected chi connectivity index (χ3v) is 4.84. The first-order valence-electron chi connectivity index (χ1n) is 8.71. The second kappa shape index (κ2) is 6.99. The van der Waals surface area contributed by atoms with Crippen molar-refractivity contribution in [3.63, 3.8) is 0 Å². The number of nitrogens with zero attached hydrogens (tertiary/aromatic N) is 5. The summed E-state index contributed by atoms with van der Waals surface area (Å²) in [5, 5.41) is 4.99. The minimum absolute atomic E-state index is 0.0264. The summed E-state index contributed by atoms with van der Waals surface area (Å²) >= 11 is 0. The molecule has 2 heterocycles. The lowest BCUT2D eigenvalue weighted by atomic mass is 10.0. The van der Waals surface area contributed by atoms with Gasteiger partial charge >= 0.3 is 0 Å². The quantitative estimate of drug-likeness (QED) is 0.559. The highest BCUT2D eigenvalue weighted by atomic mass is 16.2. The molecule has 4 rings (SSSR count). The average Bonchev–Trinajstić information content (AvgIpc) is 3.27. The molecular formula is C21H19N5O. The van der Waals surface area contributed by atoms with Crippen LogP contribution in [-0.4, -0.2) is 37.6 Å². The van der Waals surface area contributed by atoms with Gasteiger partial charge in [-0.2, -0.15) is 5.10 Å². The van der Waals surface area contributed by atoms with Crippen molar-refractivity contribution < 1.29 is 4.79 Å². The molecule has 6 heteroatoms. The lowest BCUT2D eigenvalue weighted by Crippen LogP contribution is -2.29. The van der Waals surface area contributed by atoms with E-state index in [0.29, 0.717) is 5.56 Å². The highest BCUT2D eigenvalue weighted by molar-refractivity contribution is 6.06. The topological polar surface area (TPSA) is 63.9 Å². The van der Waals surface area contributed by atoms with Crippen LogP contribution >= 0.6 is 0 Å². The van der Waals surface area contributed by atoms with Crippen LogP contribution in [0.4, 0.5) is 0 Å². The number of aromatic nitrogens is 4. The fourth-order valence-electron chi connectivity index (χ4n) is 3.12. The number of amides is 1. The second-order valence-corrected chi connectivity index (χ2v) is 6.40. The standard InChI is InChI=1S/C21H19N5O/c1-15(16-7-9-17(10-8-16)26-14-22-13-24-26)25(2)21(27)19-11-12-23-20-6-4-3-5-18(19)20/h3-15H,1-2H3. The van der Waals surface area contributed by atoms with E-state index in [1.165, 1.54) is 6.33 Å². The molecule has 134 valence electrons. The van der Waals surface area contributed by atoms with E-state index in [9.17, 15) is 4.79 Å². The number of carbonyl (C=O) groups is 1. The smallest absolute Gasteiger partial charge is 0.254 e. The van der Waals surface area contributed by atoms with Gasteiger partial charge < -0.3 is 4.90 Å². The van der Waals surface area contributed by atoms with Gasteiger partial charge in [0, 0.05) is 18.6 Å². The molecule has 0 bridgehead atoms. The zero-order chi connectivity index (χ0) is 18.8. The molecule has 1 unspecified atom stereocenters. The van der Waals surface area contributed by atoms with Crippen LogP contribution in [0.3, 0.4) is 0 Å². The molecule has 0 aliphatic carbocycles. The van der Waals surface area contributed by atoms with Gasteiger partial charge in [-0.05, 0) is 36.8 Å². The molecule has 0 aliphatic rings. The first kappa shape index (κ1) is 16.9. The van der Waals surface area contributed by atoms with Gasteiger partial charge in [0.25, 0.3) is 5.91 Å². The van der Waals surface area contributed by atoms with Crippen LogP contribution in [0.2, 0.25) is 0 Å². The van der Waals surface area contributed by atoms with Crippen molar-refractivity contribution in [2.24, 2.45) is 0 Å². The van der Waals surface area contributed by atoms with E-state index < -0.39 is 0 Å². The number of benzene rings is 2. The van der Waals surface area contributed by atoms with Crippen LogP contribution in [0.1, 0.15) is 28.9 Å². The summed E-state index contributed by atoms with van der Waals surface area (Å²) in [6.07, 6.45) is 4.84. The lowest BCUT2D eigenvalue weighted by Gasteiger charge is -2.26. The number of para-hydroxylation sites is 1. The molecule has 1 atom stereocenters. The summed E-state index contributed by atoms with van der Waals surface area (Å²) < 4.78 is 1.70. The number of hydrogen-bond donors (Lipinski definition) is 0. The van der Waals surface area contributed by atoms with Crippen LogP contribution in [-0.2, 0) is 0 Å². The first-order chi connectivity index (χ1) is 13.1. The predicted octanol–water partition coefficient (Wildman–Crippen LogP) is 3.65. The number of rotatable bonds is 4. The summed E-state index contributed by atoms with van der Waals surface area (Å²) in [5.41, 5.74) is 3.46. The Kier molecular flexibility index (Phi) is 4.38. The van der Waals surface area contributed by atoms with Crippen molar-refractivity contribution in [3.8, 4) is 5.69 Å². The Morgan fingerprint density at radius 3 is 2.59 bits per heavy atom. The van der Waals surface area contributed by atoms with Crippen LogP contribution in [0.15, 0.2) is 73.4 Å². The summed E-state index contributed by atoms with van der Waals surface area (Å²) in [6.45, 7) is 2.02. The number of pyridine rings is 1. The maximum atomic E-state index is 13.1. The molecule has 0 N–H and O–H groups in total. The average molecular weight is 357 g/mol. The Morgan fingerprint density at radius 1 is 1.07 bits per heavy atom. The lowest BCUT2D eigenvalue weighted by molar-refractivity contribution is 0.0744. The minimum atomic E-state index is -0.0748. The summed E-state index contributed by atoms with van der Waals surface area (Å²) in [5.74, 6) is -0.0264. The number of fused-ring (bicyclic) bond motifs is 1. The van der Waals surface area contributed by atoms with Crippen molar-refractivity contribution in [2.75, 3.05) is 7.05 Å². The fraction of sp³-hybridized carbons (Fsp3) is 0.143. The second-order valence-electron chi connectivity index (χ2n) is 6.40.